The van der Waals surface area contributed by atoms with E-state index in [0.29, 0.717) is 5.16 Å². The Bertz CT molecular complexity index is 1150. The van der Waals surface area contributed by atoms with Crippen molar-refractivity contribution in [3.8, 4) is 27.0 Å². The molecular formula is C21H20N4O3S3. The molecule has 0 spiro atoms. The predicted molar refractivity (Wildman–Crippen MR) is 124 cm³/mol. The molecule has 0 bridgehead atoms. The summed E-state index contributed by atoms with van der Waals surface area (Å²) in [6.07, 6.45) is 0. The highest BCUT2D eigenvalue weighted by Gasteiger charge is 2.16. The van der Waals surface area contributed by atoms with Crippen LogP contribution in [0.25, 0.3) is 21.3 Å². The van der Waals surface area contributed by atoms with E-state index in [1.807, 2.05) is 58.6 Å². The van der Waals surface area contributed by atoms with Gasteiger partial charge in [-0.05, 0) is 30.5 Å². The largest absolute Gasteiger partial charge is 0.497 e. The Morgan fingerprint density at radius 2 is 2.10 bits per heavy atom. The molecule has 0 aliphatic heterocycles. The molecule has 160 valence electrons. The van der Waals surface area contributed by atoms with Crippen LogP contribution < -0.4 is 4.74 Å². The number of thioether (sulfide) groups is 1. The lowest BCUT2D eigenvalue weighted by atomic mass is 10.2. The normalized spacial score (nSPS) is 10.9. The molecule has 0 aliphatic carbocycles. The summed E-state index contributed by atoms with van der Waals surface area (Å²) in [7, 11) is 1.63. The molecule has 0 atom stereocenters. The Labute approximate surface area is 192 Å². The summed E-state index contributed by atoms with van der Waals surface area (Å²) in [5, 5.41) is 14.0. The van der Waals surface area contributed by atoms with Gasteiger partial charge in [-0.1, -0.05) is 30.0 Å². The first kappa shape index (κ1) is 21.5. The Balaban J connectivity index is 1.32. The van der Waals surface area contributed by atoms with Gasteiger partial charge in [0, 0.05) is 17.5 Å². The number of thiophene rings is 1. The molecular weight excluding hydrogens is 452 g/mol. The lowest BCUT2D eigenvalue weighted by Gasteiger charge is -2.06. The van der Waals surface area contributed by atoms with E-state index in [1.165, 1.54) is 23.1 Å². The molecule has 0 radical (unpaired) electrons. The van der Waals surface area contributed by atoms with Gasteiger partial charge in [0.25, 0.3) is 0 Å². The van der Waals surface area contributed by atoms with Crippen molar-refractivity contribution in [1.29, 1.82) is 0 Å². The monoisotopic (exact) mass is 472 g/mol. The quantitative estimate of drug-likeness (QED) is 0.251. The van der Waals surface area contributed by atoms with Crippen molar-refractivity contribution in [3.05, 3.63) is 52.9 Å². The number of esters is 1. The van der Waals surface area contributed by atoms with Gasteiger partial charge < -0.3 is 14.0 Å². The lowest BCUT2D eigenvalue weighted by molar-refractivity contribution is -0.141. The molecule has 3 heterocycles. The van der Waals surface area contributed by atoms with Crippen LogP contribution in [0.15, 0.2) is 52.3 Å². The molecule has 4 rings (SSSR count). The minimum atomic E-state index is -0.316. The second kappa shape index (κ2) is 10.1. The first-order chi connectivity index (χ1) is 15.2. The van der Waals surface area contributed by atoms with Crippen LogP contribution in [0.4, 0.5) is 0 Å². The van der Waals surface area contributed by atoms with Gasteiger partial charge in [0.1, 0.15) is 17.4 Å². The maximum atomic E-state index is 12.2. The molecule has 10 heteroatoms. The van der Waals surface area contributed by atoms with E-state index in [1.54, 1.807) is 18.4 Å². The smallest absolute Gasteiger partial charge is 0.316 e. The molecule has 0 amide bonds. The van der Waals surface area contributed by atoms with E-state index in [2.05, 4.69) is 15.2 Å². The van der Waals surface area contributed by atoms with Crippen molar-refractivity contribution in [1.82, 2.24) is 19.7 Å². The van der Waals surface area contributed by atoms with Gasteiger partial charge in [-0.2, -0.15) is 0 Å². The summed E-state index contributed by atoms with van der Waals surface area (Å²) in [5.74, 6) is 1.44. The summed E-state index contributed by atoms with van der Waals surface area (Å²) < 4.78 is 12.7. The van der Waals surface area contributed by atoms with E-state index < -0.39 is 0 Å². The third-order valence-corrected chi connectivity index (χ3v) is 7.09. The van der Waals surface area contributed by atoms with Gasteiger partial charge in [-0.25, -0.2) is 4.98 Å². The third-order valence-electron chi connectivity index (χ3n) is 4.34. The summed E-state index contributed by atoms with van der Waals surface area (Å²) in [4.78, 5) is 17.9. The summed E-state index contributed by atoms with van der Waals surface area (Å²) >= 11 is 4.45. The van der Waals surface area contributed by atoms with E-state index in [-0.39, 0.29) is 18.3 Å². The van der Waals surface area contributed by atoms with Crippen molar-refractivity contribution in [2.75, 3.05) is 12.9 Å². The van der Waals surface area contributed by atoms with Gasteiger partial charge in [0.15, 0.2) is 11.0 Å². The van der Waals surface area contributed by atoms with Crippen LogP contribution in [0, 0.1) is 0 Å². The summed E-state index contributed by atoms with van der Waals surface area (Å²) in [6, 6.07) is 11.7. The SMILES string of the molecule is CCn1c(SCC(=O)OCc2csc(-c3cccc(OC)c3)n2)nnc1-c1cccs1. The fraction of sp³-hybridized carbons (Fsp3) is 0.238. The molecule has 1 aromatic carbocycles. The number of thiazole rings is 1. The number of carbonyl (C=O) groups is 1. The van der Waals surface area contributed by atoms with Crippen LogP contribution in [0.2, 0.25) is 0 Å². The highest BCUT2D eigenvalue weighted by atomic mass is 32.2. The molecule has 0 N–H and O–H groups in total. The number of rotatable bonds is 9. The minimum Gasteiger partial charge on any atom is -0.497 e. The van der Waals surface area contributed by atoms with Gasteiger partial charge in [-0.15, -0.1) is 32.9 Å². The number of methoxy groups -OCH3 is 1. The van der Waals surface area contributed by atoms with Gasteiger partial charge in [-0.3, -0.25) is 4.79 Å². The third kappa shape index (κ3) is 5.15. The Morgan fingerprint density at radius 1 is 1.19 bits per heavy atom. The average Bonchev–Trinajstić information content (AvgIpc) is 3.56. The number of benzene rings is 1. The van der Waals surface area contributed by atoms with Crippen LogP contribution in [-0.4, -0.2) is 38.6 Å². The van der Waals surface area contributed by atoms with Crippen molar-refractivity contribution in [2.24, 2.45) is 0 Å². The fourth-order valence-electron chi connectivity index (χ4n) is 2.85. The lowest BCUT2D eigenvalue weighted by Crippen LogP contribution is -2.08. The number of hydrogen-bond donors (Lipinski definition) is 0. The highest BCUT2D eigenvalue weighted by Crippen LogP contribution is 2.28. The zero-order chi connectivity index (χ0) is 21.6. The molecule has 0 aliphatic rings. The zero-order valence-corrected chi connectivity index (χ0v) is 19.4. The fourth-order valence-corrected chi connectivity index (χ4v) is 5.17. The van der Waals surface area contributed by atoms with Crippen LogP contribution in [0.1, 0.15) is 12.6 Å². The van der Waals surface area contributed by atoms with E-state index in [9.17, 15) is 4.79 Å². The predicted octanol–water partition coefficient (Wildman–Crippen LogP) is 4.99. The molecule has 0 unspecified atom stereocenters. The van der Waals surface area contributed by atoms with Gasteiger partial charge in [0.05, 0.1) is 23.4 Å². The van der Waals surface area contributed by atoms with Gasteiger partial charge in [0.2, 0.25) is 0 Å². The zero-order valence-electron chi connectivity index (χ0n) is 17.0. The van der Waals surface area contributed by atoms with Crippen LogP contribution >= 0.6 is 34.4 Å². The Hall–Kier alpha value is -2.69. The molecule has 7 nitrogen and oxygen atoms in total. The standard InChI is InChI=1S/C21H20N4O3S3/c1-3-25-19(17-8-5-9-29-17)23-24-21(25)31-13-18(26)28-11-15-12-30-20(22-15)14-6-4-7-16(10-14)27-2/h4-10,12H,3,11,13H2,1-2H3. The minimum absolute atomic E-state index is 0.140. The summed E-state index contributed by atoms with van der Waals surface area (Å²) in [6.45, 7) is 2.90. The van der Waals surface area contributed by atoms with Crippen molar-refractivity contribution >= 4 is 40.4 Å². The molecule has 31 heavy (non-hydrogen) atoms. The maximum absolute atomic E-state index is 12.2. The molecule has 0 fully saturated rings. The number of carbonyl (C=O) groups excluding carboxylic acids is 1. The van der Waals surface area contributed by atoms with Crippen molar-refractivity contribution in [2.45, 2.75) is 25.2 Å². The van der Waals surface area contributed by atoms with E-state index in [0.717, 1.165) is 39.3 Å². The molecule has 0 saturated heterocycles. The van der Waals surface area contributed by atoms with Crippen LogP contribution in [-0.2, 0) is 22.7 Å². The Morgan fingerprint density at radius 3 is 2.87 bits per heavy atom. The highest BCUT2D eigenvalue weighted by molar-refractivity contribution is 7.99. The van der Waals surface area contributed by atoms with E-state index >= 15 is 0 Å². The number of aromatic nitrogens is 4. The molecule has 3 aromatic heterocycles. The second-order valence-electron chi connectivity index (χ2n) is 6.35. The van der Waals surface area contributed by atoms with E-state index in [4.69, 9.17) is 9.47 Å². The van der Waals surface area contributed by atoms with Crippen molar-refractivity contribution < 1.29 is 14.3 Å². The Kier molecular flexibility index (Phi) is 7.00. The summed E-state index contributed by atoms with van der Waals surface area (Å²) in [5.41, 5.74) is 1.69. The number of ether oxygens (including phenoxy) is 2. The first-order valence-electron chi connectivity index (χ1n) is 9.52. The topological polar surface area (TPSA) is 79.1 Å². The van der Waals surface area contributed by atoms with Crippen molar-refractivity contribution in [3.63, 3.8) is 0 Å². The average molecular weight is 473 g/mol. The number of nitrogens with zero attached hydrogens (tertiary/aromatic N) is 4. The first-order valence-corrected chi connectivity index (χ1v) is 12.3. The number of hydrogen-bond acceptors (Lipinski definition) is 9. The maximum Gasteiger partial charge on any atom is 0.316 e. The van der Waals surface area contributed by atoms with Crippen LogP contribution in [0.3, 0.4) is 0 Å². The molecule has 4 aromatic rings. The van der Waals surface area contributed by atoms with Crippen LogP contribution in [0.5, 0.6) is 5.75 Å². The van der Waals surface area contributed by atoms with Gasteiger partial charge >= 0.3 is 5.97 Å². The molecule has 0 saturated carbocycles. The second-order valence-corrected chi connectivity index (χ2v) is 9.10.